The molecule has 0 aromatic rings. The molecule has 4 aliphatic carbocycles. The first kappa shape index (κ1) is 122. The number of carbonyl (C=O) groups is 18. The summed E-state index contributed by atoms with van der Waals surface area (Å²) in [5, 5.41) is 23.7. The van der Waals surface area contributed by atoms with E-state index in [4.69, 9.17) is 42.6 Å². The second-order valence-electron chi connectivity index (χ2n) is 42.5. The molecule has 36 heteroatoms. The van der Waals surface area contributed by atoms with Gasteiger partial charge in [-0.05, 0) is 143 Å². The number of rotatable bonds is 39. The second-order valence-corrected chi connectivity index (χ2v) is 42.5. The predicted octanol–water partition coefficient (Wildman–Crippen LogP) is 10.1. The smallest absolute Gasteiger partial charge is 0.463 e. The minimum atomic E-state index is -1.84. The Morgan fingerprint density at radius 2 is 0.972 bits per heavy atom. The minimum Gasteiger partial charge on any atom is -0.463 e. The quantitative estimate of drug-likeness (QED) is 0.0190. The lowest BCUT2D eigenvalue weighted by Crippen LogP contribution is -2.62. The van der Waals surface area contributed by atoms with Crippen LogP contribution in [0.25, 0.3) is 0 Å². The molecule has 1 aliphatic heterocycles. The number of nitrogens with zero attached hydrogens (tertiary/aromatic N) is 7. The van der Waals surface area contributed by atoms with Gasteiger partial charge in [-0.1, -0.05) is 148 Å². The largest absolute Gasteiger partial charge is 0.511 e. The highest BCUT2D eigenvalue weighted by molar-refractivity contribution is 6.02. The van der Waals surface area contributed by atoms with Crippen molar-refractivity contribution in [1.29, 1.82) is 0 Å². The van der Waals surface area contributed by atoms with Crippen LogP contribution in [0.1, 0.15) is 254 Å². The SMILES string of the molecule is C/C=C/C[C@@H](C)[C@@H](OC(=O)OCOC(=O)CCC(=O)OCCOCCOCCOCCOC(=O)CCC(=O)OCC(=O)[C@@]1(O)CCC2C3CCC4=CC(=O)C=C[C@]4(C)C3[C@@H](O)C[C@@]21C)C1C(=O)CC(CC)C(=O)N(C)CC(=O)N(C)[C@@H](CC(C)C)C(=O)CC(C(C)C)C(=O)N(C)C(CC(C)C)C(=O)CC(C)C(=O)CC(C)C(=O)N(C)C(CC(C)C)C(=O)N(C)C(CC(C)C)C(=O)N(C)C(C(C)C)C(=O)N1C. The van der Waals surface area contributed by atoms with Gasteiger partial charge >= 0.3 is 30.0 Å². The minimum absolute atomic E-state index is 0.00708. The maximum absolute atomic E-state index is 15.9. The zero-order chi connectivity index (χ0) is 106. The number of hydrogen-bond donors (Lipinski definition) is 2. The molecule has 796 valence electrons. The summed E-state index contributed by atoms with van der Waals surface area (Å²) < 4.78 is 48.6. The summed E-state index contributed by atoms with van der Waals surface area (Å²) >= 11 is 0. The third kappa shape index (κ3) is 33.8. The van der Waals surface area contributed by atoms with E-state index >= 15 is 19.2 Å². The highest BCUT2D eigenvalue weighted by Crippen LogP contribution is 2.67. The van der Waals surface area contributed by atoms with Crippen LogP contribution >= 0.6 is 0 Å². The van der Waals surface area contributed by atoms with Crippen LogP contribution in [0.3, 0.4) is 0 Å². The van der Waals surface area contributed by atoms with E-state index < -0.39 is 246 Å². The molecule has 1 heterocycles. The summed E-state index contributed by atoms with van der Waals surface area (Å²) in [5.41, 5.74) is -2.35. The van der Waals surface area contributed by atoms with E-state index in [1.807, 2.05) is 75.3 Å². The number of aliphatic hydroxyl groups is 2. The van der Waals surface area contributed by atoms with Crippen LogP contribution in [0.15, 0.2) is 36.0 Å². The molecule has 2 N–H and O–H groups in total. The maximum Gasteiger partial charge on any atom is 0.511 e. The number of likely N-dealkylation sites (N-methyl/N-ethyl adjacent to an activating group) is 7. The fourth-order valence-corrected chi connectivity index (χ4v) is 20.9. The average Bonchev–Trinajstić information content (AvgIpc) is 1.57. The lowest BCUT2D eigenvalue weighted by Gasteiger charge is -2.59. The van der Waals surface area contributed by atoms with Crippen LogP contribution in [-0.4, -0.2) is 327 Å². The summed E-state index contributed by atoms with van der Waals surface area (Å²) in [4.78, 5) is 265. The van der Waals surface area contributed by atoms with Crippen molar-refractivity contribution < 1.29 is 139 Å². The number of Topliss-reactive ketones (excluding diaryl/α,β-unsaturated/α-hetero) is 5. The Balaban J connectivity index is 1.24. The first-order chi connectivity index (χ1) is 66.0. The molecular formula is C105H167N7O29. The Hall–Kier alpha value is -9.52. The number of amides is 7. The molecule has 12 unspecified atom stereocenters. The molecule has 0 aromatic heterocycles. The van der Waals surface area contributed by atoms with Gasteiger partial charge in [0.25, 0.3) is 0 Å². The van der Waals surface area contributed by atoms with Gasteiger partial charge in [0, 0.05) is 115 Å². The first-order valence-electron chi connectivity index (χ1n) is 50.6. The fourth-order valence-electron chi connectivity index (χ4n) is 20.9. The third-order valence-electron chi connectivity index (χ3n) is 29.2. The number of hydrogen-bond acceptors (Lipinski definition) is 29. The monoisotopic (exact) mass is 1990 g/mol. The molecule has 1 saturated heterocycles. The van der Waals surface area contributed by atoms with E-state index in [2.05, 4.69) is 0 Å². The number of ketones is 6. The standard InChI is InChI=1S/C105H167N7O29/c1-27-29-30-68(15)95(141-102(131)140-61-139-91(124)36-34-89(122)137-48-46-135-44-42-133-41-43-134-45-47-136-88(121)33-35-90(123)138-60-86(119)105(132)40-38-76-74-32-31-72-56-73(113)37-39-103(72,18)92(74)85(118)58-104(76,105)19)94-84(117)55-71(28-2)97(126)106(20)59-87(120)107(21)77(49-62(3)4)83(116)57-75(66(11)12)98(127)108(22)78(50-63(5)6)82(115)53-69(16)81(114)54-70(17)96(125)109(23)79(51-64(7)8)99(128)110(24)80(52-65(9)10)100(129)111(25)93(67(13)14)101(130)112(94)26/h27,29,37,39,56,62-71,74-80,85,92-95,118,132H,28,30-36,38,40-55,57-61H2,1-26H3/b29-27+/t68-,69?,70?,71?,74?,75?,76?,77+,78?,79?,80?,85+,92?,93?,94?,95-,103+,104+,105+/m1/s1. The van der Waals surface area contributed by atoms with Crippen LogP contribution in [0.4, 0.5) is 4.79 Å². The normalized spacial score (nSPS) is 28.0. The molecule has 7 amide bonds. The number of ether oxygens (including phenoxy) is 9. The van der Waals surface area contributed by atoms with Gasteiger partial charge in [-0.25, -0.2) is 4.79 Å². The van der Waals surface area contributed by atoms with Gasteiger partial charge in [0.05, 0.1) is 90.1 Å². The maximum atomic E-state index is 15.9. The summed E-state index contributed by atoms with van der Waals surface area (Å²) in [6.45, 7) is 31.6. The molecule has 5 aliphatic rings. The van der Waals surface area contributed by atoms with Gasteiger partial charge in [-0.3, -0.25) is 81.5 Å². The molecule has 5 rings (SSSR count). The molecule has 3 saturated carbocycles. The molecule has 0 aromatic carbocycles. The van der Waals surface area contributed by atoms with Crippen LogP contribution in [0.2, 0.25) is 0 Å². The Morgan fingerprint density at radius 3 is 1.48 bits per heavy atom. The number of carbonyl (C=O) groups excluding carboxylic acids is 18. The number of fused-ring (bicyclic) bond motifs is 5. The summed E-state index contributed by atoms with van der Waals surface area (Å²) in [6.07, 6.45) is 4.18. The van der Waals surface area contributed by atoms with Crippen LogP contribution < -0.4 is 0 Å². The topological polar surface area (TPSA) is 453 Å². The fraction of sp³-hybridized carbons (Fsp3) is 0.771. The first-order valence-corrected chi connectivity index (χ1v) is 50.6. The molecule has 141 heavy (non-hydrogen) atoms. The van der Waals surface area contributed by atoms with Crippen molar-refractivity contribution in [3.8, 4) is 0 Å². The van der Waals surface area contributed by atoms with Crippen molar-refractivity contribution in [2.24, 2.45) is 93.7 Å². The summed E-state index contributed by atoms with van der Waals surface area (Å²) in [6, 6.07) is -7.78. The van der Waals surface area contributed by atoms with E-state index in [0.717, 1.165) is 15.4 Å². The Morgan fingerprint density at radius 1 is 0.504 bits per heavy atom. The van der Waals surface area contributed by atoms with E-state index in [1.165, 1.54) is 73.8 Å². The molecule has 4 fully saturated rings. The lowest BCUT2D eigenvalue weighted by molar-refractivity contribution is -0.181. The van der Waals surface area contributed by atoms with E-state index in [9.17, 15) is 77.3 Å². The Labute approximate surface area is 834 Å². The van der Waals surface area contributed by atoms with Gasteiger partial charge in [0.15, 0.2) is 29.7 Å². The lowest BCUT2D eigenvalue weighted by atomic mass is 9.46. The van der Waals surface area contributed by atoms with Crippen molar-refractivity contribution in [3.05, 3.63) is 36.0 Å². The van der Waals surface area contributed by atoms with Crippen LogP contribution in [0, 0.1) is 93.7 Å². The number of allylic oxidation sites excluding steroid dienone is 6. The molecule has 36 nitrogen and oxygen atoms in total. The number of aliphatic hydroxyl groups excluding tert-OH is 1. The van der Waals surface area contributed by atoms with Gasteiger partial charge in [-0.15, -0.1) is 0 Å². The van der Waals surface area contributed by atoms with E-state index in [0.29, 0.717) is 19.3 Å². The van der Waals surface area contributed by atoms with Crippen molar-refractivity contribution in [1.82, 2.24) is 34.3 Å². The van der Waals surface area contributed by atoms with E-state index in [-0.39, 0.29) is 184 Å². The average molecular weight is 1990 g/mol. The van der Waals surface area contributed by atoms with E-state index in [1.54, 1.807) is 86.6 Å². The van der Waals surface area contributed by atoms with Crippen LogP contribution in [-0.2, 0) is 124 Å². The van der Waals surface area contributed by atoms with Crippen molar-refractivity contribution in [3.63, 3.8) is 0 Å². The molecule has 0 radical (unpaired) electrons. The summed E-state index contributed by atoms with van der Waals surface area (Å²) in [5.74, 6) is -17.9. The van der Waals surface area contributed by atoms with Crippen molar-refractivity contribution >= 4 is 106 Å². The summed E-state index contributed by atoms with van der Waals surface area (Å²) in [7, 11) is 9.86. The van der Waals surface area contributed by atoms with Gasteiger partial charge < -0.3 is 87.1 Å². The molecule has 0 bridgehead atoms. The zero-order valence-electron chi connectivity index (χ0n) is 88.8. The highest BCUT2D eigenvalue weighted by atomic mass is 16.8. The van der Waals surface area contributed by atoms with Crippen molar-refractivity contribution in [2.75, 3.05) is 122 Å². The Kier molecular flexibility index (Phi) is 49.0. The Bertz CT molecular complexity index is 4400. The molecule has 19 atom stereocenters. The third-order valence-corrected chi connectivity index (χ3v) is 29.2. The molecular weight excluding hydrogens is 1820 g/mol. The van der Waals surface area contributed by atoms with Crippen LogP contribution in [0.5, 0.6) is 0 Å². The second kappa shape index (κ2) is 56.7. The predicted molar refractivity (Wildman–Crippen MR) is 521 cm³/mol. The molecule has 0 spiro atoms. The highest BCUT2D eigenvalue weighted by Gasteiger charge is 2.68. The number of esters is 4. The van der Waals surface area contributed by atoms with Gasteiger partial charge in [0.2, 0.25) is 53.9 Å². The zero-order valence-corrected chi connectivity index (χ0v) is 88.8. The van der Waals surface area contributed by atoms with Gasteiger partial charge in [-0.2, -0.15) is 0 Å². The van der Waals surface area contributed by atoms with Gasteiger partial charge in [0.1, 0.15) is 54.9 Å². The van der Waals surface area contributed by atoms with Crippen molar-refractivity contribution in [2.45, 2.75) is 308 Å².